The summed E-state index contributed by atoms with van der Waals surface area (Å²) in [5.74, 6) is 2.16. The summed E-state index contributed by atoms with van der Waals surface area (Å²) in [5.41, 5.74) is 6.40. The average molecular weight is 228 g/mol. The van der Waals surface area contributed by atoms with Crippen molar-refractivity contribution >= 4 is 11.8 Å². The molecular weight excluding hydrogens is 204 g/mol. The lowest BCUT2D eigenvalue weighted by atomic mass is 9.86. The van der Waals surface area contributed by atoms with Gasteiger partial charge in [-0.1, -0.05) is 13.8 Å². The van der Waals surface area contributed by atoms with Crippen LogP contribution in [-0.2, 0) is 0 Å². The topological polar surface area (TPSA) is 29.3 Å². The van der Waals surface area contributed by atoms with Crippen LogP contribution in [0.15, 0.2) is 0 Å². The third kappa shape index (κ3) is 2.06. The maximum atomic E-state index is 6.08. The third-order valence-electron chi connectivity index (χ3n) is 4.30. The van der Waals surface area contributed by atoms with Crippen molar-refractivity contribution in [1.29, 1.82) is 0 Å². The summed E-state index contributed by atoms with van der Waals surface area (Å²) >= 11 is 2.10. The van der Waals surface area contributed by atoms with Crippen LogP contribution in [0.25, 0.3) is 0 Å². The fourth-order valence-corrected chi connectivity index (χ4v) is 4.68. The molecule has 3 atom stereocenters. The van der Waals surface area contributed by atoms with E-state index in [4.69, 9.17) is 5.73 Å². The molecule has 3 unspecified atom stereocenters. The summed E-state index contributed by atoms with van der Waals surface area (Å²) < 4.78 is 0. The van der Waals surface area contributed by atoms with Crippen LogP contribution < -0.4 is 5.73 Å². The summed E-state index contributed by atoms with van der Waals surface area (Å²) in [4.78, 5) is 2.70. The van der Waals surface area contributed by atoms with Gasteiger partial charge in [0.05, 0.1) is 0 Å². The third-order valence-corrected chi connectivity index (χ3v) is 5.68. The van der Waals surface area contributed by atoms with E-state index in [0.717, 1.165) is 12.5 Å². The van der Waals surface area contributed by atoms with Crippen LogP contribution in [0.2, 0.25) is 0 Å². The van der Waals surface area contributed by atoms with Gasteiger partial charge in [-0.2, -0.15) is 11.8 Å². The number of nitrogens with zero attached hydrogens (tertiary/aromatic N) is 1. The van der Waals surface area contributed by atoms with E-state index in [0.29, 0.717) is 10.8 Å². The Labute approximate surface area is 98.0 Å². The number of nitrogens with two attached hydrogens (primary N) is 1. The van der Waals surface area contributed by atoms with Gasteiger partial charge in [-0.3, -0.25) is 4.90 Å². The van der Waals surface area contributed by atoms with E-state index >= 15 is 0 Å². The largest absolute Gasteiger partial charge is 0.329 e. The highest BCUT2D eigenvalue weighted by Gasteiger charge is 2.45. The molecule has 2 fully saturated rings. The number of hydrogen-bond donors (Lipinski definition) is 1. The standard InChI is InChI=1S/C12H24N2S/c1-10-4-3-6-14(8-10)12(9-13)5-7-15-11(12)2/h10-11H,3-9,13H2,1-2H3. The Balaban J connectivity index is 2.11. The lowest BCUT2D eigenvalue weighted by Crippen LogP contribution is -2.59. The summed E-state index contributed by atoms with van der Waals surface area (Å²) in [7, 11) is 0. The van der Waals surface area contributed by atoms with Crippen LogP contribution >= 0.6 is 11.8 Å². The van der Waals surface area contributed by atoms with Gasteiger partial charge < -0.3 is 5.73 Å². The minimum atomic E-state index is 0.319. The second-order valence-corrected chi connectivity index (χ2v) is 6.71. The molecule has 15 heavy (non-hydrogen) atoms. The molecule has 0 aromatic rings. The highest BCUT2D eigenvalue weighted by Crippen LogP contribution is 2.41. The van der Waals surface area contributed by atoms with Crippen LogP contribution in [0, 0.1) is 5.92 Å². The Kier molecular flexibility index (Phi) is 3.63. The van der Waals surface area contributed by atoms with E-state index in [2.05, 4.69) is 30.5 Å². The summed E-state index contributed by atoms with van der Waals surface area (Å²) in [6.07, 6.45) is 4.06. The molecule has 0 aromatic heterocycles. The molecule has 88 valence electrons. The summed E-state index contributed by atoms with van der Waals surface area (Å²) in [6.45, 7) is 8.12. The van der Waals surface area contributed by atoms with Crippen molar-refractivity contribution in [3.63, 3.8) is 0 Å². The van der Waals surface area contributed by atoms with E-state index in [9.17, 15) is 0 Å². The predicted octanol–water partition coefficient (Wildman–Crippen LogP) is 1.94. The molecule has 3 heteroatoms. The fourth-order valence-electron chi connectivity index (χ4n) is 3.18. The minimum Gasteiger partial charge on any atom is -0.329 e. The Morgan fingerprint density at radius 2 is 2.27 bits per heavy atom. The lowest BCUT2D eigenvalue weighted by Gasteiger charge is -2.46. The van der Waals surface area contributed by atoms with Gasteiger partial charge in [-0.25, -0.2) is 0 Å². The average Bonchev–Trinajstić information content (AvgIpc) is 2.61. The molecule has 2 saturated heterocycles. The molecule has 0 aromatic carbocycles. The minimum absolute atomic E-state index is 0.319. The first-order valence-electron chi connectivity index (χ1n) is 6.26. The van der Waals surface area contributed by atoms with Gasteiger partial charge in [0.2, 0.25) is 0 Å². The zero-order chi connectivity index (χ0) is 10.9. The van der Waals surface area contributed by atoms with Gasteiger partial charge in [0, 0.05) is 23.9 Å². The van der Waals surface area contributed by atoms with Crippen LogP contribution in [0.4, 0.5) is 0 Å². The van der Waals surface area contributed by atoms with Gasteiger partial charge in [-0.15, -0.1) is 0 Å². The fraction of sp³-hybridized carbons (Fsp3) is 1.00. The molecule has 0 aliphatic carbocycles. The van der Waals surface area contributed by atoms with Crippen LogP contribution in [0.1, 0.15) is 33.1 Å². The SMILES string of the molecule is CC1CCCN(C2(CN)CCSC2C)C1. The Bertz CT molecular complexity index is 222. The lowest BCUT2D eigenvalue weighted by molar-refractivity contribution is 0.0545. The first-order valence-corrected chi connectivity index (χ1v) is 7.30. The normalized spacial score (nSPS) is 43.4. The van der Waals surface area contributed by atoms with Gasteiger partial charge in [0.15, 0.2) is 0 Å². The quantitative estimate of drug-likeness (QED) is 0.783. The Morgan fingerprint density at radius 1 is 1.47 bits per heavy atom. The molecule has 2 rings (SSSR count). The van der Waals surface area contributed by atoms with E-state index in [1.165, 1.54) is 38.1 Å². The van der Waals surface area contributed by atoms with Crippen LogP contribution in [-0.4, -0.2) is 41.1 Å². The number of likely N-dealkylation sites (tertiary alicyclic amines) is 1. The van der Waals surface area contributed by atoms with Crippen LogP contribution in [0.3, 0.4) is 0 Å². The molecule has 2 aliphatic heterocycles. The number of rotatable bonds is 2. The van der Waals surface area contributed by atoms with Gasteiger partial charge in [-0.05, 0) is 37.5 Å². The van der Waals surface area contributed by atoms with E-state index < -0.39 is 0 Å². The zero-order valence-electron chi connectivity index (χ0n) is 10.0. The van der Waals surface area contributed by atoms with Crippen molar-refractivity contribution in [3.05, 3.63) is 0 Å². The van der Waals surface area contributed by atoms with Gasteiger partial charge in [0.25, 0.3) is 0 Å². The molecule has 2 N–H and O–H groups in total. The first kappa shape index (κ1) is 11.7. The summed E-state index contributed by atoms with van der Waals surface area (Å²) in [5, 5.41) is 0.716. The van der Waals surface area contributed by atoms with Crippen molar-refractivity contribution < 1.29 is 0 Å². The van der Waals surface area contributed by atoms with Crippen molar-refractivity contribution in [1.82, 2.24) is 4.90 Å². The number of piperidine rings is 1. The molecule has 0 spiro atoms. The van der Waals surface area contributed by atoms with Gasteiger partial charge in [0.1, 0.15) is 0 Å². The van der Waals surface area contributed by atoms with E-state index in [-0.39, 0.29) is 0 Å². The molecule has 2 aliphatic rings. The highest BCUT2D eigenvalue weighted by molar-refractivity contribution is 8.00. The second-order valence-electron chi connectivity index (χ2n) is 5.26. The maximum absolute atomic E-state index is 6.08. The first-order chi connectivity index (χ1) is 7.19. The Hall–Kier alpha value is 0.270. The molecule has 0 bridgehead atoms. The van der Waals surface area contributed by atoms with Crippen molar-refractivity contribution in [2.45, 2.75) is 43.9 Å². The molecule has 2 nitrogen and oxygen atoms in total. The molecule has 0 radical (unpaired) electrons. The second kappa shape index (κ2) is 4.64. The van der Waals surface area contributed by atoms with E-state index in [1.807, 2.05) is 0 Å². The van der Waals surface area contributed by atoms with Crippen molar-refractivity contribution in [2.75, 3.05) is 25.4 Å². The van der Waals surface area contributed by atoms with Crippen molar-refractivity contribution in [2.24, 2.45) is 11.7 Å². The predicted molar refractivity (Wildman–Crippen MR) is 68.3 cm³/mol. The Morgan fingerprint density at radius 3 is 2.80 bits per heavy atom. The monoisotopic (exact) mass is 228 g/mol. The van der Waals surface area contributed by atoms with Gasteiger partial charge >= 0.3 is 0 Å². The summed E-state index contributed by atoms with van der Waals surface area (Å²) in [6, 6.07) is 0. The molecule has 0 amide bonds. The molecular formula is C12H24N2S. The molecule has 2 heterocycles. The maximum Gasteiger partial charge on any atom is 0.0455 e. The van der Waals surface area contributed by atoms with Crippen LogP contribution in [0.5, 0.6) is 0 Å². The van der Waals surface area contributed by atoms with E-state index in [1.54, 1.807) is 0 Å². The number of hydrogen-bond acceptors (Lipinski definition) is 3. The number of thioether (sulfide) groups is 1. The zero-order valence-corrected chi connectivity index (χ0v) is 10.9. The smallest absolute Gasteiger partial charge is 0.0455 e. The molecule has 0 saturated carbocycles. The van der Waals surface area contributed by atoms with Crippen molar-refractivity contribution in [3.8, 4) is 0 Å². The highest BCUT2D eigenvalue weighted by atomic mass is 32.2.